The van der Waals surface area contributed by atoms with Gasteiger partial charge in [-0.2, -0.15) is 28.8 Å². The molecule has 11 heteroatoms. The van der Waals surface area contributed by atoms with Gasteiger partial charge in [-0.3, -0.25) is 15.5 Å². The number of hydrogen-bond acceptors (Lipinski definition) is 6. The van der Waals surface area contributed by atoms with Gasteiger partial charge >= 0.3 is 6.18 Å². The molecule has 0 radical (unpaired) electrons. The normalized spacial score (nSPS) is 10.2. The van der Waals surface area contributed by atoms with Crippen LogP contribution < -0.4 is 5.43 Å². The summed E-state index contributed by atoms with van der Waals surface area (Å²) in [7, 11) is 0. The van der Waals surface area contributed by atoms with E-state index in [1.165, 1.54) is 12.1 Å². The van der Waals surface area contributed by atoms with Gasteiger partial charge in [-0.1, -0.05) is 15.9 Å². The number of nitrogens with zero attached hydrogens (tertiary/aromatic N) is 4. The first kappa shape index (κ1) is 16.4. The van der Waals surface area contributed by atoms with Crippen LogP contribution in [0.5, 0.6) is 0 Å². The molecular formula is C10H3BrF3N5O2. The van der Waals surface area contributed by atoms with E-state index < -0.39 is 33.7 Å². The lowest BCUT2D eigenvalue weighted by molar-refractivity contribution is -0.384. The Hall–Kier alpha value is -2.66. The fraction of sp³-hybridized carbons (Fsp3) is 0.100. The predicted molar refractivity (Wildman–Crippen MR) is 68.1 cm³/mol. The first-order valence-corrected chi connectivity index (χ1v) is 5.69. The number of nitrogens with one attached hydrogen (secondary N) is 1. The molecule has 0 aliphatic carbocycles. The van der Waals surface area contributed by atoms with E-state index in [1.807, 2.05) is 0 Å². The third-order valence-corrected chi connectivity index (χ3v) is 2.53. The molecule has 1 aromatic rings. The van der Waals surface area contributed by atoms with Gasteiger partial charge in [-0.05, 0) is 6.07 Å². The molecule has 0 atom stereocenters. The summed E-state index contributed by atoms with van der Waals surface area (Å²) >= 11 is 2.74. The van der Waals surface area contributed by atoms with Gasteiger partial charge in [-0.25, -0.2) is 0 Å². The van der Waals surface area contributed by atoms with Crippen LogP contribution in [0.1, 0.15) is 5.56 Å². The van der Waals surface area contributed by atoms with E-state index in [1.54, 1.807) is 5.43 Å². The summed E-state index contributed by atoms with van der Waals surface area (Å²) in [4.78, 5) is 9.79. The summed E-state index contributed by atoms with van der Waals surface area (Å²) < 4.78 is 38.5. The standard InChI is InChI=1S/C10H3BrF3N5O2/c11-5-1-7(10(12,13)14)9(8(2-5)19(20)21)18-17-6(3-15)4-16/h1-2,18H. The minimum atomic E-state index is -4.90. The van der Waals surface area contributed by atoms with E-state index >= 15 is 0 Å². The quantitative estimate of drug-likeness (QED) is 0.504. The van der Waals surface area contributed by atoms with Crippen molar-refractivity contribution in [3.05, 3.63) is 32.3 Å². The monoisotopic (exact) mass is 361 g/mol. The van der Waals surface area contributed by atoms with Gasteiger partial charge in [0.2, 0.25) is 5.71 Å². The lowest BCUT2D eigenvalue weighted by Crippen LogP contribution is -2.11. The third kappa shape index (κ3) is 3.90. The molecule has 21 heavy (non-hydrogen) atoms. The zero-order valence-corrected chi connectivity index (χ0v) is 11.4. The largest absolute Gasteiger partial charge is 0.418 e. The van der Waals surface area contributed by atoms with Crippen molar-refractivity contribution in [2.45, 2.75) is 6.18 Å². The molecule has 0 heterocycles. The minimum absolute atomic E-state index is 0.156. The molecule has 7 nitrogen and oxygen atoms in total. The molecule has 0 saturated heterocycles. The van der Waals surface area contributed by atoms with Crippen molar-refractivity contribution in [3.63, 3.8) is 0 Å². The van der Waals surface area contributed by atoms with E-state index in [0.29, 0.717) is 6.07 Å². The van der Waals surface area contributed by atoms with Crippen LogP contribution in [0.25, 0.3) is 0 Å². The third-order valence-electron chi connectivity index (χ3n) is 2.08. The zero-order valence-electron chi connectivity index (χ0n) is 9.77. The van der Waals surface area contributed by atoms with Crippen LogP contribution in [0.15, 0.2) is 21.7 Å². The average Bonchev–Trinajstić information content (AvgIpc) is 2.39. The highest BCUT2D eigenvalue weighted by atomic mass is 79.9. The lowest BCUT2D eigenvalue weighted by atomic mass is 10.1. The molecule has 0 amide bonds. The number of anilines is 1. The van der Waals surface area contributed by atoms with Gasteiger partial charge in [0, 0.05) is 10.5 Å². The minimum Gasteiger partial charge on any atom is -0.269 e. The summed E-state index contributed by atoms with van der Waals surface area (Å²) in [5.41, 5.74) is -2.24. The number of alkyl halides is 3. The van der Waals surface area contributed by atoms with Crippen LogP contribution >= 0.6 is 15.9 Å². The fourth-order valence-electron chi connectivity index (χ4n) is 1.26. The summed E-state index contributed by atoms with van der Waals surface area (Å²) in [6, 6.07) is 4.07. The van der Waals surface area contributed by atoms with Gasteiger partial charge < -0.3 is 0 Å². The van der Waals surface area contributed by atoms with Crippen molar-refractivity contribution in [3.8, 4) is 12.1 Å². The summed E-state index contributed by atoms with van der Waals surface area (Å²) in [6.07, 6.45) is -4.90. The van der Waals surface area contributed by atoms with Gasteiger partial charge in [0.25, 0.3) is 5.69 Å². The molecule has 0 saturated carbocycles. The van der Waals surface area contributed by atoms with Crippen LogP contribution in [0.2, 0.25) is 0 Å². The predicted octanol–water partition coefficient (Wildman–Crippen LogP) is 3.19. The summed E-state index contributed by atoms with van der Waals surface area (Å²) in [6.45, 7) is 0. The number of hydrogen-bond donors (Lipinski definition) is 1. The van der Waals surface area contributed by atoms with Crippen LogP contribution in [-0.4, -0.2) is 10.6 Å². The smallest absolute Gasteiger partial charge is 0.269 e. The first-order chi connectivity index (χ1) is 9.70. The number of nitro benzene ring substituents is 1. The molecule has 0 fully saturated rings. The van der Waals surface area contributed by atoms with E-state index in [9.17, 15) is 23.3 Å². The molecule has 0 bridgehead atoms. The van der Waals surface area contributed by atoms with Gasteiger partial charge in [0.15, 0.2) is 0 Å². The lowest BCUT2D eigenvalue weighted by Gasteiger charge is -2.12. The highest BCUT2D eigenvalue weighted by Gasteiger charge is 2.37. The zero-order chi connectivity index (χ0) is 16.2. The number of benzene rings is 1. The molecule has 1 N–H and O–H groups in total. The van der Waals surface area contributed by atoms with E-state index in [2.05, 4.69) is 21.0 Å². The number of hydrazone groups is 1. The van der Waals surface area contributed by atoms with Crippen molar-refractivity contribution < 1.29 is 18.1 Å². The number of nitriles is 2. The maximum absolute atomic E-state index is 12.9. The second kappa shape index (κ2) is 6.19. The molecule has 1 rings (SSSR count). The van der Waals surface area contributed by atoms with Gasteiger partial charge in [-0.15, -0.1) is 0 Å². The molecule has 0 spiro atoms. The Morgan fingerprint density at radius 3 is 2.38 bits per heavy atom. The van der Waals surface area contributed by atoms with Crippen molar-refractivity contribution in [1.29, 1.82) is 10.5 Å². The number of nitro groups is 1. The Labute approximate surface area is 123 Å². The van der Waals surface area contributed by atoms with Gasteiger partial charge in [0.1, 0.15) is 17.8 Å². The molecule has 1 aromatic carbocycles. The summed E-state index contributed by atoms with van der Waals surface area (Å²) in [5, 5.41) is 30.8. The molecular weight excluding hydrogens is 359 g/mol. The summed E-state index contributed by atoms with van der Waals surface area (Å²) in [5.74, 6) is 0. The SMILES string of the molecule is N#CC(C#N)=NNc1c([N+](=O)[O-])cc(Br)cc1C(F)(F)F. The maximum Gasteiger partial charge on any atom is 0.418 e. The fourth-order valence-corrected chi connectivity index (χ4v) is 1.71. The van der Waals surface area contributed by atoms with E-state index in [-0.39, 0.29) is 4.47 Å². The second-order valence-corrected chi connectivity index (χ2v) is 4.31. The molecule has 0 aromatic heterocycles. The maximum atomic E-state index is 12.9. The number of halogens is 4. The molecule has 0 aliphatic heterocycles. The Morgan fingerprint density at radius 1 is 1.38 bits per heavy atom. The van der Waals surface area contributed by atoms with Crippen LogP contribution in [-0.2, 0) is 6.18 Å². The van der Waals surface area contributed by atoms with Crippen molar-refractivity contribution in [1.82, 2.24) is 0 Å². The highest BCUT2D eigenvalue weighted by Crippen LogP contribution is 2.41. The highest BCUT2D eigenvalue weighted by molar-refractivity contribution is 9.10. The Bertz CT molecular complexity index is 686. The second-order valence-electron chi connectivity index (χ2n) is 3.40. The molecule has 0 aliphatic rings. The van der Waals surface area contributed by atoms with E-state index in [4.69, 9.17) is 10.5 Å². The van der Waals surface area contributed by atoms with Crippen molar-refractivity contribution in [2.24, 2.45) is 5.10 Å². The number of rotatable bonds is 3. The Balaban J connectivity index is 3.54. The van der Waals surface area contributed by atoms with Crippen LogP contribution in [0.3, 0.4) is 0 Å². The first-order valence-electron chi connectivity index (χ1n) is 4.89. The molecule has 0 unspecified atom stereocenters. The van der Waals surface area contributed by atoms with Crippen molar-refractivity contribution >= 4 is 33.0 Å². The Kier molecular flexibility index (Phi) is 4.84. The van der Waals surface area contributed by atoms with Crippen LogP contribution in [0.4, 0.5) is 24.5 Å². The average molecular weight is 362 g/mol. The van der Waals surface area contributed by atoms with Crippen LogP contribution in [0, 0.1) is 32.8 Å². The Morgan fingerprint density at radius 2 is 1.95 bits per heavy atom. The topological polar surface area (TPSA) is 115 Å². The molecule has 108 valence electrons. The van der Waals surface area contributed by atoms with E-state index in [0.717, 1.165) is 6.07 Å². The van der Waals surface area contributed by atoms with Gasteiger partial charge in [0.05, 0.1) is 10.5 Å². The van der Waals surface area contributed by atoms with Crippen molar-refractivity contribution in [2.75, 3.05) is 5.43 Å².